The van der Waals surface area contributed by atoms with Crippen LogP contribution in [0.15, 0.2) is 24.5 Å². The number of nitrogen functional groups attached to an aromatic ring is 1. The Bertz CT molecular complexity index is 417. The molecule has 14 heavy (non-hydrogen) atoms. The average Bonchev–Trinajstić information content (AvgIpc) is 2.67. The van der Waals surface area contributed by atoms with Crippen LogP contribution in [0, 0.1) is 0 Å². The predicted molar refractivity (Wildman–Crippen MR) is 53.3 cm³/mol. The minimum absolute atomic E-state index is 0.427. The van der Waals surface area contributed by atoms with E-state index in [0.717, 1.165) is 17.8 Å². The standard InChI is InChI=1S/C9H11N5/c1-2-14-6-7(5-11-14)8-3-4-9(10)13-12-8/h3-6H,2H2,1H3,(H2,10,13). The van der Waals surface area contributed by atoms with Gasteiger partial charge in [-0.3, -0.25) is 4.68 Å². The molecule has 0 unspecified atom stereocenters. The van der Waals surface area contributed by atoms with Gasteiger partial charge in [0.05, 0.1) is 11.9 Å². The van der Waals surface area contributed by atoms with E-state index in [1.54, 1.807) is 12.3 Å². The Hall–Kier alpha value is -1.91. The van der Waals surface area contributed by atoms with Crippen LogP contribution in [-0.2, 0) is 6.54 Å². The number of aromatic nitrogens is 4. The van der Waals surface area contributed by atoms with Crippen molar-refractivity contribution in [3.8, 4) is 11.3 Å². The Morgan fingerprint density at radius 3 is 2.79 bits per heavy atom. The van der Waals surface area contributed by atoms with E-state index >= 15 is 0 Å². The van der Waals surface area contributed by atoms with Crippen molar-refractivity contribution in [2.24, 2.45) is 0 Å². The zero-order valence-corrected chi connectivity index (χ0v) is 7.88. The lowest BCUT2D eigenvalue weighted by Gasteiger charge is -1.95. The lowest BCUT2D eigenvalue weighted by molar-refractivity contribution is 0.660. The number of hydrogen-bond donors (Lipinski definition) is 1. The second-order valence-electron chi connectivity index (χ2n) is 2.93. The molecule has 2 heterocycles. The Morgan fingerprint density at radius 2 is 2.21 bits per heavy atom. The van der Waals surface area contributed by atoms with Gasteiger partial charge in [0, 0.05) is 18.3 Å². The lowest BCUT2D eigenvalue weighted by atomic mass is 10.2. The number of hydrogen-bond acceptors (Lipinski definition) is 4. The molecule has 5 nitrogen and oxygen atoms in total. The van der Waals surface area contributed by atoms with Gasteiger partial charge in [-0.25, -0.2) is 0 Å². The molecule has 0 fully saturated rings. The van der Waals surface area contributed by atoms with Crippen LogP contribution in [0.5, 0.6) is 0 Å². The van der Waals surface area contributed by atoms with Gasteiger partial charge < -0.3 is 5.73 Å². The van der Waals surface area contributed by atoms with E-state index in [0.29, 0.717) is 5.82 Å². The molecule has 0 radical (unpaired) electrons. The first-order chi connectivity index (χ1) is 6.79. The highest BCUT2D eigenvalue weighted by Crippen LogP contribution is 2.14. The highest BCUT2D eigenvalue weighted by atomic mass is 15.3. The first-order valence-electron chi connectivity index (χ1n) is 4.41. The van der Waals surface area contributed by atoms with Crippen molar-refractivity contribution in [2.75, 3.05) is 5.73 Å². The van der Waals surface area contributed by atoms with Gasteiger partial charge in [0.2, 0.25) is 0 Å². The zero-order valence-electron chi connectivity index (χ0n) is 7.88. The summed E-state index contributed by atoms with van der Waals surface area (Å²) < 4.78 is 1.84. The summed E-state index contributed by atoms with van der Waals surface area (Å²) in [7, 11) is 0. The van der Waals surface area contributed by atoms with Crippen molar-refractivity contribution in [1.82, 2.24) is 20.0 Å². The molecule has 2 rings (SSSR count). The molecule has 0 aliphatic rings. The molecule has 0 saturated carbocycles. The van der Waals surface area contributed by atoms with Crippen LogP contribution in [0.3, 0.4) is 0 Å². The van der Waals surface area contributed by atoms with Gasteiger partial charge in [0.25, 0.3) is 0 Å². The number of anilines is 1. The maximum atomic E-state index is 5.44. The van der Waals surface area contributed by atoms with Crippen molar-refractivity contribution in [3.63, 3.8) is 0 Å². The second-order valence-corrected chi connectivity index (χ2v) is 2.93. The smallest absolute Gasteiger partial charge is 0.146 e. The summed E-state index contributed by atoms with van der Waals surface area (Å²) >= 11 is 0. The predicted octanol–water partition coefficient (Wildman–Crippen LogP) is 0.942. The normalized spacial score (nSPS) is 10.4. The van der Waals surface area contributed by atoms with Crippen LogP contribution in [0.25, 0.3) is 11.3 Å². The molecule has 0 aliphatic carbocycles. The molecular formula is C9H11N5. The molecule has 0 aromatic carbocycles. The van der Waals surface area contributed by atoms with Crippen molar-refractivity contribution in [1.29, 1.82) is 0 Å². The summed E-state index contributed by atoms with van der Waals surface area (Å²) in [5.41, 5.74) is 7.19. The lowest BCUT2D eigenvalue weighted by Crippen LogP contribution is -1.94. The molecule has 2 aromatic heterocycles. The molecule has 0 aliphatic heterocycles. The third-order valence-corrected chi connectivity index (χ3v) is 1.94. The average molecular weight is 189 g/mol. The number of rotatable bonds is 2. The Balaban J connectivity index is 2.34. The fourth-order valence-corrected chi connectivity index (χ4v) is 1.17. The molecule has 0 atom stereocenters. The Labute approximate surface area is 81.6 Å². The topological polar surface area (TPSA) is 69.6 Å². The van der Waals surface area contributed by atoms with E-state index in [1.165, 1.54) is 0 Å². The maximum absolute atomic E-state index is 5.44. The van der Waals surface area contributed by atoms with E-state index in [-0.39, 0.29) is 0 Å². The van der Waals surface area contributed by atoms with Crippen LogP contribution in [0.2, 0.25) is 0 Å². The van der Waals surface area contributed by atoms with E-state index in [2.05, 4.69) is 15.3 Å². The number of nitrogens with zero attached hydrogens (tertiary/aromatic N) is 4. The van der Waals surface area contributed by atoms with E-state index in [4.69, 9.17) is 5.73 Å². The fraction of sp³-hybridized carbons (Fsp3) is 0.222. The van der Waals surface area contributed by atoms with E-state index in [1.807, 2.05) is 23.9 Å². The molecule has 0 bridgehead atoms. The molecular weight excluding hydrogens is 178 g/mol. The van der Waals surface area contributed by atoms with Gasteiger partial charge in [-0.1, -0.05) is 0 Å². The van der Waals surface area contributed by atoms with Gasteiger partial charge in [0.1, 0.15) is 5.82 Å². The summed E-state index contributed by atoms with van der Waals surface area (Å²) in [5.74, 6) is 0.427. The summed E-state index contributed by atoms with van der Waals surface area (Å²) in [5, 5.41) is 11.9. The molecule has 0 spiro atoms. The quantitative estimate of drug-likeness (QED) is 0.763. The molecule has 72 valence electrons. The Kier molecular flexibility index (Phi) is 2.14. The van der Waals surface area contributed by atoms with Gasteiger partial charge in [-0.05, 0) is 19.1 Å². The second kappa shape index (κ2) is 3.45. The SMILES string of the molecule is CCn1cc(-c2ccc(N)nn2)cn1. The molecule has 0 saturated heterocycles. The van der Waals surface area contributed by atoms with Crippen molar-refractivity contribution >= 4 is 5.82 Å². The highest BCUT2D eigenvalue weighted by molar-refractivity contribution is 5.56. The van der Waals surface area contributed by atoms with Crippen LogP contribution in [0.1, 0.15) is 6.92 Å². The van der Waals surface area contributed by atoms with E-state index in [9.17, 15) is 0 Å². The Morgan fingerprint density at radius 1 is 1.36 bits per heavy atom. The highest BCUT2D eigenvalue weighted by Gasteiger charge is 2.02. The monoisotopic (exact) mass is 189 g/mol. The van der Waals surface area contributed by atoms with Crippen molar-refractivity contribution in [2.45, 2.75) is 13.5 Å². The summed E-state index contributed by atoms with van der Waals surface area (Å²) in [6, 6.07) is 3.56. The maximum Gasteiger partial charge on any atom is 0.146 e. The summed E-state index contributed by atoms with van der Waals surface area (Å²) in [4.78, 5) is 0. The third-order valence-electron chi connectivity index (χ3n) is 1.94. The number of nitrogens with two attached hydrogens (primary N) is 1. The first kappa shape index (κ1) is 8.68. The molecule has 2 N–H and O–H groups in total. The van der Waals surface area contributed by atoms with Crippen LogP contribution in [0.4, 0.5) is 5.82 Å². The van der Waals surface area contributed by atoms with Gasteiger partial charge in [-0.15, -0.1) is 10.2 Å². The number of aryl methyl sites for hydroxylation is 1. The zero-order chi connectivity index (χ0) is 9.97. The summed E-state index contributed by atoms with van der Waals surface area (Å²) in [6.45, 7) is 2.88. The molecule has 5 heteroatoms. The van der Waals surface area contributed by atoms with Gasteiger partial charge >= 0.3 is 0 Å². The summed E-state index contributed by atoms with van der Waals surface area (Å²) in [6.07, 6.45) is 3.70. The molecule has 2 aromatic rings. The third kappa shape index (κ3) is 1.56. The largest absolute Gasteiger partial charge is 0.382 e. The van der Waals surface area contributed by atoms with E-state index < -0.39 is 0 Å². The minimum Gasteiger partial charge on any atom is -0.382 e. The van der Waals surface area contributed by atoms with Gasteiger partial charge in [-0.2, -0.15) is 5.10 Å². The van der Waals surface area contributed by atoms with Crippen LogP contribution >= 0.6 is 0 Å². The van der Waals surface area contributed by atoms with Gasteiger partial charge in [0.15, 0.2) is 0 Å². The van der Waals surface area contributed by atoms with Crippen molar-refractivity contribution in [3.05, 3.63) is 24.5 Å². The van der Waals surface area contributed by atoms with Crippen LogP contribution < -0.4 is 5.73 Å². The minimum atomic E-state index is 0.427. The first-order valence-corrected chi connectivity index (χ1v) is 4.41. The van der Waals surface area contributed by atoms with Crippen LogP contribution in [-0.4, -0.2) is 20.0 Å². The van der Waals surface area contributed by atoms with Crippen molar-refractivity contribution < 1.29 is 0 Å². The molecule has 0 amide bonds. The fourth-order valence-electron chi connectivity index (χ4n) is 1.17.